The molecule has 1 atom stereocenters. The number of ether oxygens (including phenoxy) is 1. The van der Waals surface area contributed by atoms with Crippen molar-refractivity contribution in [2.45, 2.75) is 40.2 Å². The normalized spacial score (nSPS) is 12.8. The van der Waals surface area contributed by atoms with Crippen LogP contribution in [0.4, 0.5) is 4.39 Å². The largest absolute Gasteiger partial charge is 0.486 e. The van der Waals surface area contributed by atoms with Gasteiger partial charge in [0.2, 0.25) is 0 Å². The van der Waals surface area contributed by atoms with E-state index in [1.165, 1.54) is 6.07 Å². The summed E-state index contributed by atoms with van der Waals surface area (Å²) < 4.78 is 19.1. The minimum Gasteiger partial charge on any atom is -0.486 e. The van der Waals surface area contributed by atoms with E-state index in [1.807, 2.05) is 13.8 Å². The van der Waals surface area contributed by atoms with Crippen molar-refractivity contribution in [2.75, 3.05) is 13.1 Å². The lowest BCUT2D eigenvalue weighted by atomic mass is 10.1. The van der Waals surface area contributed by atoms with E-state index in [0.717, 1.165) is 25.1 Å². The van der Waals surface area contributed by atoms with Gasteiger partial charge >= 0.3 is 0 Å². The van der Waals surface area contributed by atoms with Crippen molar-refractivity contribution in [2.24, 2.45) is 5.92 Å². The molecule has 0 fully saturated rings. The minimum atomic E-state index is -0.297. The zero-order valence-electron chi connectivity index (χ0n) is 11.8. The average Bonchev–Trinajstić information content (AvgIpc) is 2.29. The molecule has 0 radical (unpaired) electrons. The fourth-order valence-electron chi connectivity index (χ4n) is 1.66. The summed E-state index contributed by atoms with van der Waals surface area (Å²) in [6.45, 7) is 9.98. The molecular formula is C15H24FNO. The Hall–Kier alpha value is -1.09. The zero-order valence-corrected chi connectivity index (χ0v) is 11.8. The number of hydrogen-bond donors (Lipinski definition) is 1. The molecule has 1 N–H and O–H groups in total. The summed E-state index contributed by atoms with van der Waals surface area (Å²) in [7, 11) is 0. The lowest BCUT2D eigenvalue weighted by Gasteiger charge is -2.16. The average molecular weight is 253 g/mol. The summed E-state index contributed by atoms with van der Waals surface area (Å²) in [5, 5.41) is 3.32. The summed E-state index contributed by atoms with van der Waals surface area (Å²) in [6, 6.07) is 4.93. The van der Waals surface area contributed by atoms with Gasteiger partial charge in [-0.2, -0.15) is 0 Å². The van der Waals surface area contributed by atoms with Gasteiger partial charge in [-0.25, -0.2) is 4.39 Å². The van der Waals surface area contributed by atoms with Gasteiger partial charge in [-0.15, -0.1) is 0 Å². The summed E-state index contributed by atoms with van der Waals surface area (Å²) >= 11 is 0. The molecule has 1 unspecified atom stereocenters. The molecule has 0 aliphatic heterocycles. The second-order valence-electron chi connectivity index (χ2n) is 5.25. The van der Waals surface area contributed by atoms with Gasteiger partial charge in [-0.3, -0.25) is 0 Å². The van der Waals surface area contributed by atoms with Crippen LogP contribution in [0.25, 0.3) is 0 Å². The molecule has 1 aromatic carbocycles. The van der Waals surface area contributed by atoms with Crippen LogP contribution in [-0.2, 0) is 0 Å². The van der Waals surface area contributed by atoms with Crippen LogP contribution < -0.4 is 10.1 Å². The summed E-state index contributed by atoms with van der Waals surface area (Å²) in [4.78, 5) is 0. The predicted molar refractivity (Wildman–Crippen MR) is 73.6 cm³/mol. The summed E-state index contributed by atoms with van der Waals surface area (Å²) in [5.41, 5.74) is 1.01. The van der Waals surface area contributed by atoms with E-state index in [4.69, 9.17) is 4.74 Å². The Bertz CT molecular complexity index is 366. The van der Waals surface area contributed by atoms with Gasteiger partial charge in [0.25, 0.3) is 0 Å². The Morgan fingerprint density at radius 2 is 2.00 bits per heavy atom. The molecule has 1 rings (SSSR count). The molecule has 0 heterocycles. The molecular weight excluding hydrogens is 229 g/mol. The molecule has 102 valence electrons. The van der Waals surface area contributed by atoms with Crippen molar-refractivity contribution in [3.8, 4) is 5.75 Å². The number of benzene rings is 1. The quantitative estimate of drug-likeness (QED) is 0.750. The van der Waals surface area contributed by atoms with Gasteiger partial charge in [0.05, 0.1) is 0 Å². The number of halogens is 1. The topological polar surface area (TPSA) is 21.3 Å². The maximum atomic E-state index is 13.5. The molecule has 3 heteroatoms. The van der Waals surface area contributed by atoms with Crippen molar-refractivity contribution in [3.05, 3.63) is 29.6 Å². The molecule has 18 heavy (non-hydrogen) atoms. The second-order valence-corrected chi connectivity index (χ2v) is 5.25. The highest BCUT2D eigenvalue weighted by atomic mass is 19.1. The van der Waals surface area contributed by atoms with E-state index in [0.29, 0.717) is 11.7 Å². The molecule has 0 aromatic heterocycles. The molecule has 0 spiro atoms. The third-order valence-electron chi connectivity index (χ3n) is 2.75. The van der Waals surface area contributed by atoms with Gasteiger partial charge in [0.15, 0.2) is 11.6 Å². The van der Waals surface area contributed by atoms with Crippen LogP contribution >= 0.6 is 0 Å². The molecule has 0 amide bonds. The number of hydrogen-bond acceptors (Lipinski definition) is 2. The molecule has 0 aliphatic carbocycles. The van der Waals surface area contributed by atoms with Crippen LogP contribution in [0.5, 0.6) is 5.75 Å². The van der Waals surface area contributed by atoms with E-state index >= 15 is 0 Å². The van der Waals surface area contributed by atoms with Gasteiger partial charge in [-0.1, -0.05) is 19.9 Å². The van der Waals surface area contributed by atoms with E-state index in [-0.39, 0.29) is 11.9 Å². The van der Waals surface area contributed by atoms with E-state index < -0.39 is 0 Å². The molecule has 1 aromatic rings. The zero-order chi connectivity index (χ0) is 13.5. The van der Waals surface area contributed by atoms with Crippen molar-refractivity contribution in [3.63, 3.8) is 0 Å². The molecule has 0 bridgehead atoms. The molecule has 0 saturated heterocycles. The van der Waals surface area contributed by atoms with Crippen LogP contribution in [0.1, 0.15) is 32.8 Å². The first-order chi connectivity index (χ1) is 8.49. The SMILES string of the molecule is Cc1ccc(F)c(OC(C)CNCCC(C)C)c1. The number of nitrogens with one attached hydrogen (secondary N) is 1. The van der Waals surface area contributed by atoms with Crippen molar-refractivity contribution >= 4 is 0 Å². The van der Waals surface area contributed by atoms with Crippen molar-refractivity contribution < 1.29 is 9.13 Å². The summed E-state index contributed by atoms with van der Waals surface area (Å²) in [6.07, 6.45) is 1.11. The fourth-order valence-corrected chi connectivity index (χ4v) is 1.66. The van der Waals surface area contributed by atoms with Crippen LogP contribution in [0.3, 0.4) is 0 Å². The van der Waals surface area contributed by atoms with Crippen molar-refractivity contribution in [1.82, 2.24) is 5.32 Å². The van der Waals surface area contributed by atoms with Crippen LogP contribution in [0.15, 0.2) is 18.2 Å². The van der Waals surface area contributed by atoms with Crippen LogP contribution in [0.2, 0.25) is 0 Å². The van der Waals surface area contributed by atoms with E-state index in [1.54, 1.807) is 12.1 Å². The fraction of sp³-hybridized carbons (Fsp3) is 0.600. The van der Waals surface area contributed by atoms with Crippen LogP contribution in [-0.4, -0.2) is 19.2 Å². The van der Waals surface area contributed by atoms with E-state index in [2.05, 4.69) is 19.2 Å². The van der Waals surface area contributed by atoms with E-state index in [9.17, 15) is 4.39 Å². The summed E-state index contributed by atoms with van der Waals surface area (Å²) in [5.74, 6) is 0.741. The smallest absolute Gasteiger partial charge is 0.165 e. The third kappa shape index (κ3) is 5.50. The Kier molecular flexibility index (Phi) is 6.13. The predicted octanol–water partition coefficient (Wildman–Crippen LogP) is 3.54. The highest BCUT2D eigenvalue weighted by molar-refractivity contribution is 5.29. The second kappa shape index (κ2) is 7.37. The Balaban J connectivity index is 2.35. The lowest BCUT2D eigenvalue weighted by Crippen LogP contribution is -2.30. The lowest BCUT2D eigenvalue weighted by molar-refractivity contribution is 0.207. The number of rotatable bonds is 7. The maximum absolute atomic E-state index is 13.5. The molecule has 0 saturated carbocycles. The van der Waals surface area contributed by atoms with Crippen LogP contribution in [0, 0.1) is 18.7 Å². The first-order valence-corrected chi connectivity index (χ1v) is 6.62. The Labute approximate surface area is 110 Å². The molecule has 2 nitrogen and oxygen atoms in total. The first-order valence-electron chi connectivity index (χ1n) is 6.62. The molecule has 0 aliphatic rings. The third-order valence-corrected chi connectivity index (χ3v) is 2.75. The Morgan fingerprint density at radius 3 is 2.67 bits per heavy atom. The Morgan fingerprint density at radius 1 is 1.28 bits per heavy atom. The minimum absolute atomic E-state index is 0.0338. The standard InChI is InChI=1S/C15H24FNO/c1-11(2)7-8-17-10-13(4)18-15-9-12(3)5-6-14(15)16/h5-6,9,11,13,17H,7-8,10H2,1-4H3. The highest BCUT2D eigenvalue weighted by Gasteiger charge is 2.08. The van der Waals surface area contributed by atoms with Gasteiger partial charge < -0.3 is 10.1 Å². The monoisotopic (exact) mass is 253 g/mol. The highest BCUT2D eigenvalue weighted by Crippen LogP contribution is 2.19. The van der Waals surface area contributed by atoms with Crippen molar-refractivity contribution in [1.29, 1.82) is 0 Å². The van der Waals surface area contributed by atoms with Gasteiger partial charge in [0.1, 0.15) is 6.10 Å². The maximum Gasteiger partial charge on any atom is 0.165 e. The number of aryl methyl sites for hydroxylation is 1. The first kappa shape index (κ1) is 15.0. The van der Waals surface area contributed by atoms with Gasteiger partial charge in [0, 0.05) is 6.54 Å². The van der Waals surface area contributed by atoms with Gasteiger partial charge in [-0.05, 0) is 50.4 Å².